The number of hydrogen-bond acceptors (Lipinski definition) is 5. The van der Waals surface area contributed by atoms with Gasteiger partial charge in [0.1, 0.15) is 0 Å². The fourth-order valence-corrected chi connectivity index (χ4v) is 3.33. The molecule has 266 valence electrons. The van der Waals surface area contributed by atoms with Crippen LogP contribution in [0.25, 0.3) is 0 Å². The largest absolute Gasteiger partial charge is 0.493 e. The van der Waals surface area contributed by atoms with E-state index >= 15 is 0 Å². The summed E-state index contributed by atoms with van der Waals surface area (Å²) in [6.45, 7) is 1.78. The maximum Gasteiger partial charge on any atom is 0.460 e. The van der Waals surface area contributed by atoms with E-state index in [1.54, 1.807) is 0 Å². The zero-order valence-corrected chi connectivity index (χ0v) is 22.6. The summed E-state index contributed by atoms with van der Waals surface area (Å²) in [6.07, 6.45) is -10.4. The van der Waals surface area contributed by atoms with Gasteiger partial charge in [-0.15, -0.1) is 6.58 Å². The molecule has 0 aliphatic heterocycles. The summed E-state index contributed by atoms with van der Waals surface area (Å²) in [5.41, 5.74) is -0.870. The summed E-state index contributed by atoms with van der Waals surface area (Å²) in [5.74, 6) is -58.0. The number of nitro groups is 1. The van der Waals surface area contributed by atoms with Crippen molar-refractivity contribution in [3.05, 3.63) is 40.5 Å². The molecule has 0 bridgehead atoms. The lowest BCUT2D eigenvalue weighted by Crippen LogP contribution is -2.74. The second-order valence-corrected chi connectivity index (χ2v) is 9.12. The van der Waals surface area contributed by atoms with Crippen molar-refractivity contribution < 1.29 is 93.8 Å². The fraction of sp³-hybridized carbons (Fsp3) is 0.652. The van der Waals surface area contributed by atoms with Gasteiger partial charge in [-0.2, -0.15) is 74.6 Å². The Hall–Kier alpha value is -3.27. The van der Waals surface area contributed by atoms with E-state index in [1.807, 2.05) is 0 Å². The number of halogens is 17. The highest BCUT2D eigenvalue weighted by atomic mass is 19.4. The van der Waals surface area contributed by atoms with Crippen molar-refractivity contribution in [1.82, 2.24) is 0 Å². The monoisotopic (exact) mass is 713 g/mol. The Morgan fingerprint density at radius 3 is 1.65 bits per heavy atom. The number of alkyl halides is 17. The third-order valence-electron chi connectivity index (χ3n) is 5.97. The molecule has 23 heteroatoms. The molecule has 1 aromatic carbocycles. The molecule has 0 atom stereocenters. The lowest BCUT2D eigenvalue weighted by atomic mass is 9.88. The molecule has 0 spiro atoms. The van der Waals surface area contributed by atoms with Crippen LogP contribution in [0.1, 0.15) is 24.8 Å². The zero-order valence-electron chi connectivity index (χ0n) is 22.6. The molecule has 0 N–H and O–H groups in total. The number of nitrogens with zero attached hydrogens (tertiary/aromatic N) is 1. The Labute approximate surface area is 246 Å². The van der Waals surface area contributed by atoms with Crippen LogP contribution in [0.3, 0.4) is 0 Å². The molecular weight excluding hydrogens is 693 g/mol. The molecule has 0 saturated heterocycles. The molecule has 0 aliphatic carbocycles. The first kappa shape index (κ1) is 40.8. The highest BCUT2D eigenvalue weighted by Crippen LogP contribution is 2.64. The van der Waals surface area contributed by atoms with Crippen molar-refractivity contribution in [2.24, 2.45) is 0 Å². The van der Waals surface area contributed by atoms with Crippen molar-refractivity contribution >= 4 is 5.69 Å². The van der Waals surface area contributed by atoms with Gasteiger partial charge in [0.05, 0.1) is 43.5 Å². The van der Waals surface area contributed by atoms with Crippen LogP contribution >= 0.6 is 0 Å². The molecule has 0 aromatic heterocycles. The number of hydrogen-bond donors (Lipinski definition) is 0. The van der Waals surface area contributed by atoms with Crippen molar-refractivity contribution in [3.63, 3.8) is 0 Å². The topological polar surface area (TPSA) is 70.8 Å². The number of methoxy groups -OCH3 is 1. The van der Waals surface area contributed by atoms with Crippen LogP contribution < -0.4 is 9.47 Å². The molecule has 0 saturated carbocycles. The molecule has 0 unspecified atom stereocenters. The van der Waals surface area contributed by atoms with Gasteiger partial charge in [-0.25, -0.2) is 0 Å². The van der Waals surface area contributed by atoms with Crippen molar-refractivity contribution in [3.8, 4) is 11.5 Å². The van der Waals surface area contributed by atoms with Gasteiger partial charge in [0.15, 0.2) is 11.5 Å². The molecular formula is C23H20F17NO5. The summed E-state index contributed by atoms with van der Waals surface area (Å²) >= 11 is 0. The third-order valence-corrected chi connectivity index (χ3v) is 5.97. The number of nitro benzene ring substituents is 1. The second kappa shape index (κ2) is 13.5. The van der Waals surface area contributed by atoms with Gasteiger partial charge >= 0.3 is 47.6 Å². The highest BCUT2D eigenvalue weighted by Gasteiger charge is 2.95. The summed E-state index contributed by atoms with van der Waals surface area (Å²) < 4.78 is 242. The SMILES string of the molecule is C=CCCOCc1cc(OC)c(OCCCC(F)(F)C(F)(F)C(F)(F)C(F)(F)C(F)(F)C(F)(F)C(F)(F)C(F)(F)F)cc1[N+](=O)[O-]. The van der Waals surface area contributed by atoms with Crippen LogP contribution in [0.15, 0.2) is 24.8 Å². The van der Waals surface area contributed by atoms with Gasteiger partial charge in [-0.3, -0.25) is 10.1 Å². The third kappa shape index (κ3) is 7.02. The van der Waals surface area contributed by atoms with Crippen LogP contribution in [0.4, 0.5) is 80.3 Å². The standard InChI is InChI=1S/C23H20F17NO5/c1-3-4-7-45-11-12-9-14(44-2)15(10-13(12)41(42)43)46-8-5-6-16(24,25)17(26,27)18(28,29)19(30,31)20(32,33)21(34,35)22(36,37)23(38,39)40/h3,9-10H,1,4-8,11H2,2H3. The molecule has 0 radical (unpaired) electrons. The van der Waals surface area contributed by atoms with E-state index < -0.39 is 83.4 Å². The summed E-state index contributed by atoms with van der Waals surface area (Å²) in [7, 11) is 0.956. The van der Waals surface area contributed by atoms with Crippen molar-refractivity contribution in [1.29, 1.82) is 0 Å². The molecule has 0 fully saturated rings. The molecule has 1 aromatic rings. The van der Waals surface area contributed by atoms with Gasteiger partial charge in [-0.05, 0) is 18.9 Å². The lowest BCUT2D eigenvalue weighted by molar-refractivity contribution is -0.461. The molecule has 1 rings (SSSR count). The molecule has 46 heavy (non-hydrogen) atoms. The van der Waals surface area contributed by atoms with Crippen LogP contribution in [-0.4, -0.2) is 72.9 Å². The van der Waals surface area contributed by atoms with Crippen molar-refractivity contribution in [2.75, 3.05) is 20.3 Å². The van der Waals surface area contributed by atoms with Gasteiger partial charge in [0.25, 0.3) is 5.69 Å². The summed E-state index contributed by atoms with van der Waals surface area (Å²) in [4.78, 5) is 10.4. The Morgan fingerprint density at radius 2 is 1.22 bits per heavy atom. The summed E-state index contributed by atoms with van der Waals surface area (Å²) in [5, 5.41) is 11.4. The number of ether oxygens (including phenoxy) is 3. The normalized spacial score (nSPS) is 14.3. The van der Waals surface area contributed by atoms with E-state index in [9.17, 15) is 84.8 Å². The first-order valence-electron chi connectivity index (χ1n) is 11.9. The van der Waals surface area contributed by atoms with Crippen LogP contribution in [0, 0.1) is 10.1 Å². The maximum absolute atomic E-state index is 14.1. The first-order valence-corrected chi connectivity index (χ1v) is 11.9. The van der Waals surface area contributed by atoms with Gasteiger partial charge in [-0.1, -0.05) is 6.08 Å². The average molecular weight is 713 g/mol. The second-order valence-electron chi connectivity index (χ2n) is 9.12. The fourth-order valence-electron chi connectivity index (χ4n) is 3.33. The van der Waals surface area contributed by atoms with Crippen molar-refractivity contribution in [2.45, 2.75) is 73.5 Å². The van der Waals surface area contributed by atoms with E-state index in [4.69, 9.17) is 14.2 Å². The van der Waals surface area contributed by atoms with E-state index in [0.717, 1.165) is 13.2 Å². The quantitative estimate of drug-likeness (QED) is 0.0500. The van der Waals surface area contributed by atoms with E-state index in [-0.39, 0.29) is 24.5 Å². The van der Waals surface area contributed by atoms with E-state index in [0.29, 0.717) is 12.5 Å². The first-order chi connectivity index (χ1) is 20.5. The lowest BCUT2D eigenvalue weighted by Gasteiger charge is -2.42. The molecule has 0 amide bonds. The Kier molecular flexibility index (Phi) is 11.9. The average Bonchev–Trinajstić information content (AvgIpc) is 2.92. The minimum Gasteiger partial charge on any atom is -0.493 e. The van der Waals surface area contributed by atoms with Gasteiger partial charge in [0, 0.05) is 6.42 Å². The Balaban J connectivity index is 3.25. The predicted molar refractivity (Wildman–Crippen MR) is 120 cm³/mol. The predicted octanol–water partition coefficient (Wildman–Crippen LogP) is 8.86. The number of benzene rings is 1. The van der Waals surface area contributed by atoms with Gasteiger partial charge in [0.2, 0.25) is 0 Å². The van der Waals surface area contributed by atoms with E-state index in [2.05, 4.69) is 6.58 Å². The molecule has 6 nitrogen and oxygen atoms in total. The van der Waals surface area contributed by atoms with Crippen LogP contribution in [0.2, 0.25) is 0 Å². The smallest absolute Gasteiger partial charge is 0.460 e. The summed E-state index contributed by atoms with van der Waals surface area (Å²) in [6, 6.07) is 1.57. The zero-order chi connectivity index (χ0) is 36.4. The Morgan fingerprint density at radius 1 is 0.739 bits per heavy atom. The Bertz CT molecular complexity index is 1230. The van der Waals surface area contributed by atoms with Crippen LogP contribution in [0.5, 0.6) is 11.5 Å². The molecule has 0 heterocycles. The minimum atomic E-state index is -8.71. The van der Waals surface area contributed by atoms with Crippen LogP contribution in [-0.2, 0) is 11.3 Å². The maximum atomic E-state index is 14.1. The number of rotatable bonds is 18. The minimum absolute atomic E-state index is 0.0607. The van der Waals surface area contributed by atoms with E-state index in [1.165, 1.54) is 6.08 Å². The molecule has 0 aliphatic rings. The van der Waals surface area contributed by atoms with Gasteiger partial charge < -0.3 is 14.2 Å². The highest BCUT2D eigenvalue weighted by molar-refractivity contribution is 5.54.